The zero-order chi connectivity index (χ0) is 21.1. The van der Waals surface area contributed by atoms with Crippen LogP contribution in [0.25, 0.3) is 0 Å². The highest BCUT2D eigenvalue weighted by Gasteiger charge is 2.23. The Kier molecular flexibility index (Phi) is 13.5. The van der Waals surface area contributed by atoms with E-state index in [0.29, 0.717) is 38.8 Å². The van der Waals surface area contributed by atoms with E-state index in [0.717, 1.165) is 0 Å². The average molecular weight is 440 g/mol. The summed E-state index contributed by atoms with van der Waals surface area (Å²) in [5.74, 6) is -2.27. The van der Waals surface area contributed by atoms with Crippen LogP contribution in [-0.4, -0.2) is 80.3 Å². The number of nitrogens with zero attached hydrogens (tertiary/aromatic N) is 4. The number of hydrogen-bond donors (Lipinski definition) is 6. The van der Waals surface area contributed by atoms with Crippen LogP contribution in [0.4, 0.5) is 0 Å². The Morgan fingerprint density at radius 1 is 0.833 bits per heavy atom. The van der Waals surface area contributed by atoms with Gasteiger partial charge in [-0.1, -0.05) is 0 Å². The molecule has 0 amide bonds. The summed E-state index contributed by atoms with van der Waals surface area (Å²) >= 11 is 0. The lowest BCUT2D eigenvalue weighted by atomic mass is 10.2. The highest BCUT2D eigenvalue weighted by Crippen LogP contribution is 2.01. The lowest BCUT2D eigenvalue weighted by Gasteiger charge is -2.09. The Bertz CT molecular complexity index is 613. The molecule has 2 aliphatic heterocycles. The molecule has 0 aromatic rings. The first-order valence-electron chi connectivity index (χ1n) is 8.11. The van der Waals surface area contributed by atoms with E-state index < -0.39 is 34.1 Å². The van der Waals surface area contributed by atoms with Crippen molar-refractivity contribution in [1.29, 1.82) is 0 Å². The first-order chi connectivity index (χ1) is 13.2. The molecule has 2 rings (SSSR count). The molecule has 18 heteroatoms. The molecule has 0 aromatic carbocycles. The van der Waals surface area contributed by atoms with Gasteiger partial charge >= 0.3 is 11.9 Å². The minimum absolute atomic E-state index is 0. The van der Waals surface area contributed by atoms with Crippen molar-refractivity contribution in [2.45, 2.75) is 37.8 Å². The second kappa shape index (κ2) is 14.2. The maximum atomic E-state index is 10.6. The number of rotatable bonds is 4. The number of carbonyl (C=O) groups is 2. The summed E-state index contributed by atoms with van der Waals surface area (Å²) < 4.78 is 0. The van der Waals surface area contributed by atoms with E-state index >= 15 is 0 Å². The summed E-state index contributed by atoms with van der Waals surface area (Å²) in [7, 11) is 0. The van der Waals surface area contributed by atoms with Crippen LogP contribution in [0.1, 0.15) is 25.7 Å². The Hall–Kier alpha value is -3.80. The van der Waals surface area contributed by atoms with Gasteiger partial charge in [0, 0.05) is 13.1 Å². The second-order valence-corrected chi connectivity index (χ2v) is 5.58. The van der Waals surface area contributed by atoms with Crippen LogP contribution < -0.4 is 21.3 Å². The lowest BCUT2D eigenvalue weighted by molar-refractivity contribution is -0.485. The molecule has 172 valence electrons. The average Bonchev–Trinajstić information content (AvgIpc) is 2.95. The van der Waals surface area contributed by atoms with Crippen molar-refractivity contribution in [2.75, 3.05) is 13.1 Å². The first-order valence-corrected chi connectivity index (χ1v) is 8.11. The van der Waals surface area contributed by atoms with E-state index in [1.165, 1.54) is 0 Å². The molecule has 0 radical (unpaired) electrons. The molecular weight excluding hydrogens is 416 g/mol. The summed E-state index contributed by atoms with van der Waals surface area (Å²) in [6.07, 6.45) is 2.08. The molecule has 2 fully saturated rings. The van der Waals surface area contributed by atoms with E-state index in [1.807, 2.05) is 0 Å². The van der Waals surface area contributed by atoms with E-state index in [9.17, 15) is 29.8 Å². The smallest absolute Gasteiger partial charge is 0.326 e. The van der Waals surface area contributed by atoms with Gasteiger partial charge in [0.1, 0.15) is 22.3 Å². The number of nitro groups is 2. The van der Waals surface area contributed by atoms with Gasteiger partial charge in [0.05, 0.1) is 0 Å². The third-order valence-corrected chi connectivity index (χ3v) is 3.51. The molecule has 18 nitrogen and oxygen atoms in total. The van der Waals surface area contributed by atoms with E-state index in [2.05, 4.69) is 31.5 Å². The fourth-order valence-corrected chi connectivity index (χ4v) is 2.26. The van der Waals surface area contributed by atoms with Gasteiger partial charge in [0.2, 0.25) is 0 Å². The molecule has 2 saturated heterocycles. The largest absolute Gasteiger partial charge is 0.480 e. The SMILES string of the molecule is O.O.O=C(O)[C@@H]1CCCN/C(=N/[N+](=O)[O-])N1.O=C(O)[C@@H]1CCCN/C(=N/[N+](=O)[O-])N1. The van der Waals surface area contributed by atoms with Crippen LogP contribution in [-0.2, 0) is 9.59 Å². The molecule has 2 aliphatic rings. The van der Waals surface area contributed by atoms with Crippen LogP contribution >= 0.6 is 0 Å². The number of carboxylic acids is 2. The molecule has 30 heavy (non-hydrogen) atoms. The molecule has 0 aliphatic carbocycles. The van der Waals surface area contributed by atoms with E-state index in [4.69, 9.17) is 10.2 Å². The zero-order valence-electron chi connectivity index (χ0n) is 15.5. The van der Waals surface area contributed by atoms with Gasteiger partial charge < -0.3 is 42.4 Å². The molecule has 0 spiro atoms. The third kappa shape index (κ3) is 11.1. The van der Waals surface area contributed by atoms with Gasteiger partial charge in [0.15, 0.2) is 10.1 Å². The summed E-state index contributed by atoms with van der Waals surface area (Å²) in [6.45, 7) is 0.951. The van der Waals surface area contributed by atoms with Crippen LogP contribution in [0, 0.1) is 20.2 Å². The Morgan fingerprint density at radius 2 is 1.17 bits per heavy atom. The number of hydrogen-bond acceptors (Lipinski definition) is 6. The summed E-state index contributed by atoms with van der Waals surface area (Å²) in [5.41, 5.74) is 0. The highest BCUT2D eigenvalue weighted by molar-refractivity contribution is 5.86. The number of guanidine groups is 2. The Morgan fingerprint density at radius 3 is 1.43 bits per heavy atom. The second-order valence-electron chi connectivity index (χ2n) is 5.58. The minimum Gasteiger partial charge on any atom is -0.480 e. The first kappa shape index (κ1) is 28.4. The normalized spacial score (nSPS) is 22.9. The number of nitrogens with one attached hydrogen (secondary N) is 4. The number of hydrazone groups is 2. The van der Waals surface area contributed by atoms with Crippen molar-refractivity contribution in [3.05, 3.63) is 20.2 Å². The van der Waals surface area contributed by atoms with Crippen molar-refractivity contribution in [2.24, 2.45) is 10.2 Å². The monoisotopic (exact) mass is 440 g/mol. The van der Waals surface area contributed by atoms with Crippen LogP contribution in [0.2, 0.25) is 0 Å². The predicted octanol–water partition coefficient (Wildman–Crippen LogP) is -3.73. The van der Waals surface area contributed by atoms with E-state index in [1.54, 1.807) is 0 Å². The molecule has 0 bridgehead atoms. The van der Waals surface area contributed by atoms with Gasteiger partial charge in [-0.3, -0.25) is 0 Å². The quantitative estimate of drug-likeness (QED) is 0.181. The molecule has 0 unspecified atom stereocenters. The fraction of sp³-hybridized carbons (Fsp3) is 0.667. The van der Waals surface area contributed by atoms with Gasteiger partial charge in [-0.15, -0.1) is 0 Å². The van der Waals surface area contributed by atoms with Crippen LogP contribution in [0.3, 0.4) is 0 Å². The Balaban J connectivity index is 0. The van der Waals surface area contributed by atoms with Gasteiger partial charge in [-0.05, 0) is 25.7 Å². The van der Waals surface area contributed by atoms with E-state index in [-0.39, 0.29) is 22.9 Å². The maximum absolute atomic E-state index is 10.6. The topological polar surface area (TPSA) is 297 Å². The summed E-state index contributed by atoms with van der Waals surface area (Å²) in [6, 6.07) is -1.63. The molecule has 2 heterocycles. The van der Waals surface area contributed by atoms with Crippen LogP contribution in [0.15, 0.2) is 10.2 Å². The lowest BCUT2D eigenvalue weighted by Crippen LogP contribution is -2.44. The summed E-state index contributed by atoms with van der Waals surface area (Å²) in [4.78, 5) is 41.3. The van der Waals surface area contributed by atoms with Gasteiger partial charge in [0.25, 0.3) is 11.9 Å². The Labute approximate surface area is 168 Å². The minimum atomic E-state index is -1.04. The number of carboxylic acid groups (broad SMARTS) is 2. The van der Waals surface area contributed by atoms with Gasteiger partial charge in [-0.25, -0.2) is 29.8 Å². The molecular formula is C12H24N8O10. The van der Waals surface area contributed by atoms with Crippen molar-refractivity contribution >= 4 is 23.9 Å². The maximum Gasteiger partial charge on any atom is 0.326 e. The van der Waals surface area contributed by atoms with Crippen LogP contribution in [0.5, 0.6) is 0 Å². The molecule has 0 aromatic heterocycles. The van der Waals surface area contributed by atoms with Crippen molar-refractivity contribution in [3.8, 4) is 0 Å². The standard InChI is InChI=1S/2C6H10N4O4.2H2O/c2*11-5(12)4-2-1-3-7-6(8-4)9-10(13)14;;/h2*4H,1-3H2,(H,11,12)(H2,7,8,9);2*1H2/t2*4-;;/m00../s1. The highest BCUT2D eigenvalue weighted by atomic mass is 16.7. The molecule has 2 atom stereocenters. The number of aliphatic carboxylic acids is 2. The summed E-state index contributed by atoms with van der Waals surface area (Å²) in [5, 5.41) is 51.9. The van der Waals surface area contributed by atoms with Crippen molar-refractivity contribution in [1.82, 2.24) is 21.3 Å². The molecule has 10 N–H and O–H groups in total. The van der Waals surface area contributed by atoms with Gasteiger partial charge in [-0.2, -0.15) is 0 Å². The zero-order valence-corrected chi connectivity index (χ0v) is 15.5. The molecule has 0 saturated carbocycles. The van der Waals surface area contributed by atoms with Crippen molar-refractivity contribution < 1.29 is 40.8 Å². The predicted molar refractivity (Wildman–Crippen MR) is 99.7 cm³/mol. The fourth-order valence-electron chi connectivity index (χ4n) is 2.26. The van der Waals surface area contributed by atoms with Crippen molar-refractivity contribution in [3.63, 3.8) is 0 Å². The third-order valence-electron chi connectivity index (χ3n) is 3.51.